The minimum atomic E-state index is -3.76. The fraction of sp³-hybridized carbons (Fsp3) is 0.348. The minimum Gasteiger partial charge on any atom is -0.361 e. The van der Waals surface area contributed by atoms with Crippen molar-refractivity contribution in [2.75, 3.05) is 13.1 Å². The molecule has 1 fully saturated rings. The lowest BCUT2D eigenvalue weighted by molar-refractivity contribution is -0.126. The molecule has 0 bridgehead atoms. The number of sulfonamides is 1. The largest absolute Gasteiger partial charge is 0.361 e. The van der Waals surface area contributed by atoms with Crippen LogP contribution in [0.1, 0.15) is 25.3 Å². The fourth-order valence-corrected chi connectivity index (χ4v) is 5.70. The molecule has 1 amide bonds. The molecule has 31 heavy (non-hydrogen) atoms. The van der Waals surface area contributed by atoms with E-state index in [4.69, 9.17) is 0 Å². The minimum absolute atomic E-state index is 0.0441. The maximum atomic E-state index is 13.2. The molecule has 2 heterocycles. The molecule has 2 aromatic carbocycles. The highest BCUT2D eigenvalue weighted by molar-refractivity contribution is 7.89. The lowest BCUT2D eigenvalue weighted by Crippen LogP contribution is -2.47. The molecule has 0 aliphatic carbocycles. The average molecular weight is 444 g/mol. The van der Waals surface area contributed by atoms with Gasteiger partial charge in [0, 0.05) is 36.2 Å². The molecule has 164 valence electrons. The van der Waals surface area contributed by atoms with E-state index in [1.165, 1.54) is 16.4 Å². The molecule has 8 heteroatoms. The number of hydrogen-bond acceptors (Lipinski definition) is 3. The van der Waals surface area contributed by atoms with Crippen molar-refractivity contribution in [2.45, 2.75) is 37.1 Å². The van der Waals surface area contributed by atoms with E-state index in [-0.39, 0.29) is 23.4 Å². The van der Waals surface area contributed by atoms with Gasteiger partial charge in [-0.15, -0.1) is 0 Å². The topological polar surface area (TPSA) is 82.3 Å². The smallest absolute Gasteiger partial charge is 0.243 e. The maximum absolute atomic E-state index is 13.2. The second-order valence-corrected chi connectivity index (χ2v) is 10.1. The van der Waals surface area contributed by atoms with Crippen molar-refractivity contribution in [1.29, 1.82) is 0 Å². The van der Waals surface area contributed by atoms with Crippen LogP contribution in [-0.2, 0) is 21.2 Å². The van der Waals surface area contributed by atoms with Gasteiger partial charge in [-0.2, -0.15) is 4.31 Å². The van der Waals surface area contributed by atoms with Crippen LogP contribution in [0.4, 0.5) is 4.39 Å². The lowest BCUT2D eigenvalue weighted by atomic mass is 9.98. The Balaban J connectivity index is 1.39. The summed E-state index contributed by atoms with van der Waals surface area (Å²) in [5.74, 6) is -1.03. The van der Waals surface area contributed by atoms with Crippen molar-refractivity contribution < 1.29 is 17.6 Å². The Labute approximate surface area is 181 Å². The van der Waals surface area contributed by atoms with E-state index < -0.39 is 21.8 Å². The number of carbonyl (C=O) groups is 1. The number of nitrogens with one attached hydrogen (secondary N) is 2. The molecule has 3 aromatic rings. The van der Waals surface area contributed by atoms with Crippen LogP contribution in [0, 0.1) is 11.7 Å². The lowest BCUT2D eigenvalue weighted by Gasteiger charge is -2.31. The first-order valence-corrected chi connectivity index (χ1v) is 11.9. The molecule has 1 saturated heterocycles. The molecule has 0 saturated carbocycles. The molecule has 1 aromatic heterocycles. The Morgan fingerprint density at radius 3 is 2.74 bits per heavy atom. The van der Waals surface area contributed by atoms with Crippen molar-refractivity contribution >= 4 is 26.8 Å². The number of fused-ring (bicyclic) bond motifs is 1. The number of halogens is 1. The average Bonchev–Trinajstić information content (AvgIpc) is 3.17. The van der Waals surface area contributed by atoms with Crippen LogP contribution in [0.25, 0.3) is 10.9 Å². The molecule has 2 unspecified atom stereocenters. The van der Waals surface area contributed by atoms with Gasteiger partial charge in [0.15, 0.2) is 0 Å². The first kappa shape index (κ1) is 21.5. The van der Waals surface area contributed by atoms with Gasteiger partial charge >= 0.3 is 0 Å². The van der Waals surface area contributed by atoms with Crippen molar-refractivity contribution in [3.8, 4) is 0 Å². The molecule has 2 N–H and O–H groups in total. The van der Waals surface area contributed by atoms with E-state index in [0.29, 0.717) is 25.8 Å². The standard InChI is InChI=1S/C23H26FN3O3S/c1-16(13-18-14-25-22-7-3-2-6-21(18)22)26-23(28)17-5-4-12-27(15-17)31(29,30)20-10-8-19(24)9-11-20/h2-3,6-11,14,16-17,25H,4-5,12-13,15H2,1H3,(H,26,28). The number of rotatable bonds is 6. The highest BCUT2D eigenvalue weighted by Gasteiger charge is 2.33. The second-order valence-electron chi connectivity index (χ2n) is 8.13. The third-order valence-electron chi connectivity index (χ3n) is 5.80. The SMILES string of the molecule is CC(Cc1c[nH]c2ccccc12)NC(=O)C1CCCN(S(=O)(=O)c2ccc(F)cc2)C1. The Kier molecular flexibility index (Phi) is 6.11. The van der Waals surface area contributed by atoms with E-state index in [9.17, 15) is 17.6 Å². The number of piperidine rings is 1. The van der Waals surface area contributed by atoms with Crippen LogP contribution in [0.3, 0.4) is 0 Å². The van der Waals surface area contributed by atoms with E-state index in [1.807, 2.05) is 31.3 Å². The molecule has 0 spiro atoms. The van der Waals surface area contributed by atoms with E-state index in [0.717, 1.165) is 28.6 Å². The number of carbonyl (C=O) groups excluding carboxylic acids is 1. The molecule has 6 nitrogen and oxygen atoms in total. The second kappa shape index (κ2) is 8.80. The zero-order valence-corrected chi connectivity index (χ0v) is 18.2. The van der Waals surface area contributed by atoms with Crippen molar-refractivity contribution in [2.24, 2.45) is 5.92 Å². The predicted molar refractivity (Wildman–Crippen MR) is 117 cm³/mol. The summed E-state index contributed by atoms with van der Waals surface area (Å²) in [5, 5.41) is 4.18. The number of amides is 1. The Morgan fingerprint density at radius 1 is 1.23 bits per heavy atom. The molecule has 1 aliphatic heterocycles. The fourth-order valence-electron chi connectivity index (χ4n) is 4.17. The summed E-state index contributed by atoms with van der Waals surface area (Å²) in [5.41, 5.74) is 2.19. The Morgan fingerprint density at radius 2 is 1.97 bits per heavy atom. The number of aromatic amines is 1. The number of H-pyrrole nitrogens is 1. The van der Waals surface area contributed by atoms with Gasteiger partial charge in [0.25, 0.3) is 0 Å². The zero-order valence-electron chi connectivity index (χ0n) is 17.3. The number of benzene rings is 2. The number of para-hydroxylation sites is 1. The van der Waals surface area contributed by atoms with Gasteiger partial charge in [-0.25, -0.2) is 12.8 Å². The summed E-state index contributed by atoms with van der Waals surface area (Å²) in [6.07, 6.45) is 3.89. The summed E-state index contributed by atoms with van der Waals surface area (Å²) >= 11 is 0. The summed E-state index contributed by atoms with van der Waals surface area (Å²) < 4.78 is 40.3. The van der Waals surface area contributed by atoms with E-state index >= 15 is 0 Å². The number of aromatic nitrogens is 1. The van der Waals surface area contributed by atoms with Gasteiger partial charge in [0.2, 0.25) is 15.9 Å². The maximum Gasteiger partial charge on any atom is 0.243 e. The predicted octanol–water partition coefficient (Wildman–Crippen LogP) is 3.46. The van der Waals surface area contributed by atoms with Gasteiger partial charge in [-0.3, -0.25) is 4.79 Å². The Hall–Kier alpha value is -2.71. The van der Waals surface area contributed by atoms with Crippen LogP contribution in [0.5, 0.6) is 0 Å². The van der Waals surface area contributed by atoms with Crippen LogP contribution in [0.2, 0.25) is 0 Å². The van der Waals surface area contributed by atoms with Crippen molar-refractivity contribution in [3.05, 3.63) is 66.1 Å². The molecule has 1 aliphatic rings. The number of nitrogens with zero attached hydrogens (tertiary/aromatic N) is 1. The quantitative estimate of drug-likeness (QED) is 0.612. The molecular weight excluding hydrogens is 417 g/mol. The summed E-state index contributed by atoms with van der Waals surface area (Å²) in [7, 11) is -3.76. The molecular formula is C23H26FN3O3S. The first-order valence-electron chi connectivity index (χ1n) is 10.5. The highest BCUT2D eigenvalue weighted by Crippen LogP contribution is 2.25. The molecule has 4 rings (SSSR count). The van der Waals surface area contributed by atoms with Crippen LogP contribution in [-0.4, -0.2) is 42.7 Å². The van der Waals surface area contributed by atoms with Gasteiger partial charge in [-0.05, 0) is 62.1 Å². The van der Waals surface area contributed by atoms with Crippen LogP contribution >= 0.6 is 0 Å². The summed E-state index contributed by atoms with van der Waals surface area (Å²) in [6, 6.07) is 12.7. The number of hydrogen-bond donors (Lipinski definition) is 2. The first-order chi connectivity index (χ1) is 14.8. The van der Waals surface area contributed by atoms with Crippen LogP contribution in [0.15, 0.2) is 59.6 Å². The normalized spacial score (nSPS) is 18.7. The molecule has 2 atom stereocenters. The van der Waals surface area contributed by atoms with Gasteiger partial charge in [0.1, 0.15) is 5.82 Å². The Bertz CT molecular complexity index is 1170. The molecule has 0 radical (unpaired) electrons. The highest BCUT2D eigenvalue weighted by atomic mass is 32.2. The van der Waals surface area contributed by atoms with Crippen LogP contribution < -0.4 is 5.32 Å². The van der Waals surface area contributed by atoms with Gasteiger partial charge < -0.3 is 10.3 Å². The van der Waals surface area contributed by atoms with E-state index in [2.05, 4.69) is 16.4 Å². The summed E-state index contributed by atoms with van der Waals surface area (Å²) in [4.78, 5) is 16.2. The third kappa shape index (κ3) is 4.65. The zero-order chi connectivity index (χ0) is 22.0. The van der Waals surface area contributed by atoms with Gasteiger partial charge in [-0.1, -0.05) is 18.2 Å². The monoisotopic (exact) mass is 443 g/mol. The van der Waals surface area contributed by atoms with Gasteiger partial charge in [0.05, 0.1) is 10.8 Å². The van der Waals surface area contributed by atoms with E-state index in [1.54, 1.807) is 0 Å². The van der Waals surface area contributed by atoms with Crippen molar-refractivity contribution in [3.63, 3.8) is 0 Å². The third-order valence-corrected chi connectivity index (χ3v) is 7.68. The van der Waals surface area contributed by atoms with Crippen molar-refractivity contribution in [1.82, 2.24) is 14.6 Å². The summed E-state index contributed by atoms with van der Waals surface area (Å²) in [6.45, 7) is 2.44.